The average Bonchev–Trinajstić information content (AvgIpc) is 3.12. The van der Waals surface area contributed by atoms with E-state index in [1.807, 2.05) is 4.57 Å². The Morgan fingerprint density at radius 1 is 1.26 bits per heavy atom. The van der Waals surface area contributed by atoms with Gasteiger partial charge in [-0.3, -0.25) is 4.79 Å². The summed E-state index contributed by atoms with van der Waals surface area (Å²) in [5.41, 5.74) is 6.93. The van der Waals surface area contributed by atoms with Crippen LogP contribution in [0.15, 0.2) is 12.3 Å². The molecule has 3 rings (SSSR count). The van der Waals surface area contributed by atoms with Crippen molar-refractivity contribution < 1.29 is 13.2 Å². The highest BCUT2D eigenvalue weighted by atomic mass is 32.2. The van der Waals surface area contributed by atoms with Crippen LogP contribution in [0.25, 0.3) is 0 Å². The molecule has 6 nitrogen and oxygen atoms in total. The number of nitrogen functional groups attached to an aromatic ring is 1. The summed E-state index contributed by atoms with van der Waals surface area (Å²) in [4.78, 5) is 14.0. The van der Waals surface area contributed by atoms with Crippen molar-refractivity contribution in [3.8, 4) is 0 Å². The molecule has 19 heavy (non-hydrogen) atoms. The van der Waals surface area contributed by atoms with Crippen LogP contribution in [0.5, 0.6) is 0 Å². The first kappa shape index (κ1) is 12.5. The van der Waals surface area contributed by atoms with Gasteiger partial charge >= 0.3 is 0 Å². The maximum absolute atomic E-state index is 12.4. The van der Waals surface area contributed by atoms with Gasteiger partial charge < -0.3 is 15.2 Å². The molecule has 0 atom stereocenters. The van der Waals surface area contributed by atoms with E-state index in [2.05, 4.69) is 0 Å². The van der Waals surface area contributed by atoms with Gasteiger partial charge in [0.05, 0.1) is 17.2 Å². The predicted molar refractivity (Wildman–Crippen MR) is 71.7 cm³/mol. The summed E-state index contributed by atoms with van der Waals surface area (Å²) in [5.74, 6) is -0.00464. The van der Waals surface area contributed by atoms with Crippen molar-refractivity contribution in [2.24, 2.45) is 0 Å². The van der Waals surface area contributed by atoms with Crippen molar-refractivity contribution in [2.75, 3.05) is 30.3 Å². The molecule has 7 heteroatoms. The van der Waals surface area contributed by atoms with Gasteiger partial charge in [-0.1, -0.05) is 0 Å². The molecule has 2 heterocycles. The van der Waals surface area contributed by atoms with E-state index in [1.165, 1.54) is 0 Å². The number of hydrogen-bond donors (Lipinski definition) is 1. The summed E-state index contributed by atoms with van der Waals surface area (Å²) in [5, 5.41) is 0. The first-order valence-corrected chi connectivity index (χ1v) is 8.25. The van der Waals surface area contributed by atoms with E-state index in [9.17, 15) is 13.2 Å². The van der Waals surface area contributed by atoms with Crippen molar-refractivity contribution in [3.05, 3.63) is 18.0 Å². The quantitative estimate of drug-likeness (QED) is 0.844. The average molecular weight is 283 g/mol. The molecule has 0 unspecified atom stereocenters. The minimum Gasteiger partial charge on any atom is -0.397 e. The number of nitrogens with zero attached hydrogens (tertiary/aromatic N) is 2. The van der Waals surface area contributed by atoms with Crippen molar-refractivity contribution in [1.82, 2.24) is 9.47 Å². The Kier molecular flexibility index (Phi) is 2.81. The SMILES string of the molecule is Nc1cc(C(=O)N2CCS(=O)(=O)CC2)n(C2CC2)c1. The molecule has 104 valence electrons. The highest BCUT2D eigenvalue weighted by Gasteiger charge is 2.31. The molecular weight excluding hydrogens is 266 g/mol. The lowest BCUT2D eigenvalue weighted by molar-refractivity contribution is 0.0759. The van der Waals surface area contributed by atoms with E-state index in [-0.39, 0.29) is 30.5 Å². The summed E-state index contributed by atoms with van der Waals surface area (Å²) in [6, 6.07) is 2.06. The van der Waals surface area contributed by atoms with Crippen LogP contribution < -0.4 is 5.73 Å². The van der Waals surface area contributed by atoms with Crippen LogP contribution in [0.2, 0.25) is 0 Å². The molecule has 0 radical (unpaired) electrons. The zero-order valence-electron chi connectivity index (χ0n) is 10.6. The van der Waals surface area contributed by atoms with E-state index in [4.69, 9.17) is 5.73 Å². The number of anilines is 1. The van der Waals surface area contributed by atoms with Crippen LogP contribution in [0.4, 0.5) is 5.69 Å². The lowest BCUT2D eigenvalue weighted by Gasteiger charge is -2.27. The maximum atomic E-state index is 12.4. The van der Waals surface area contributed by atoms with Crippen LogP contribution in [0, 0.1) is 0 Å². The Labute approximate surface area is 112 Å². The van der Waals surface area contributed by atoms with Crippen LogP contribution >= 0.6 is 0 Å². The second-order valence-electron chi connectivity index (χ2n) is 5.24. The normalized spacial score (nSPS) is 22.4. The standard InChI is InChI=1S/C12H17N3O3S/c13-9-7-11(15(8-9)10-1-2-10)12(16)14-3-5-19(17,18)6-4-14/h7-8,10H,1-6,13H2. The van der Waals surface area contributed by atoms with E-state index in [0.717, 1.165) is 12.8 Å². The number of amides is 1. The second-order valence-corrected chi connectivity index (χ2v) is 7.54. The van der Waals surface area contributed by atoms with Crippen molar-refractivity contribution in [1.29, 1.82) is 0 Å². The molecule has 2 fully saturated rings. The van der Waals surface area contributed by atoms with Crippen LogP contribution in [-0.4, -0.2) is 48.4 Å². The molecule has 1 saturated heterocycles. The molecule has 1 aliphatic carbocycles. The molecule has 0 aromatic carbocycles. The van der Waals surface area contributed by atoms with E-state index < -0.39 is 9.84 Å². The summed E-state index contributed by atoms with van der Waals surface area (Å²) in [6.45, 7) is 0.549. The first-order valence-electron chi connectivity index (χ1n) is 6.43. The molecule has 1 saturated carbocycles. The van der Waals surface area contributed by atoms with E-state index >= 15 is 0 Å². The van der Waals surface area contributed by atoms with Gasteiger partial charge in [-0.25, -0.2) is 8.42 Å². The van der Waals surface area contributed by atoms with Crippen molar-refractivity contribution in [3.63, 3.8) is 0 Å². The molecule has 1 aromatic heterocycles. The molecule has 2 aliphatic rings. The van der Waals surface area contributed by atoms with Crippen molar-refractivity contribution >= 4 is 21.4 Å². The van der Waals surface area contributed by atoms with Gasteiger partial charge in [0.25, 0.3) is 5.91 Å². The smallest absolute Gasteiger partial charge is 0.270 e. The number of sulfone groups is 1. The first-order chi connectivity index (χ1) is 8.96. The number of hydrogen-bond acceptors (Lipinski definition) is 4. The minimum atomic E-state index is -2.97. The molecule has 1 aliphatic heterocycles. The Bertz CT molecular complexity index is 602. The highest BCUT2D eigenvalue weighted by molar-refractivity contribution is 7.91. The van der Waals surface area contributed by atoms with Gasteiger partial charge in [0.2, 0.25) is 0 Å². The Balaban J connectivity index is 1.81. The third-order valence-corrected chi connectivity index (χ3v) is 5.27. The fraction of sp³-hybridized carbons (Fsp3) is 0.583. The van der Waals surface area contributed by atoms with E-state index in [0.29, 0.717) is 17.4 Å². The number of carbonyl (C=O) groups excluding carboxylic acids is 1. The topological polar surface area (TPSA) is 85.4 Å². The van der Waals surface area contributed by atoms with Gasteiger partial charge in [-0.05, 0) is 18.9 Å². The van der Waals surface area contributed by atoms with Crippen LogP contribution in [0.3, 0.4) is 0 Å². The lowest BCUT2D eigenvalue weighted by atomic mass is 10.3. The summed E-state index contributed by atoms with van der Waals surface area (Å²) < 4.78 is 24.7. The Morgan fingerprint density at radius 2 is 1.89 bits per heavy atom. The molecule has 2 N–H and O–H groups in total. The largest absolute Gasteiger partial charge is 0.397 e. The number of nitrogens with two attached hydrogens (primary N) is 1. The fourth-order valence-electron chi connectivity index (χ4n) is 2.40. The van der Waals surface area contributed by atoms with E-state index in [1.54, 1.807) is 17.2 Å². The number of carbonyl (C=O) groups is 1. The van der Waals surface area contributed by atoms with Crippen LogP contribution in [-0.2, 0) is 9.84 Å². The molecular formula is C12H17N3O3S. The van der Waals surface area contributed by atoms with Crippen LogP contribution in [0.1, 0.15) is 29.4 Å². The predicted octanol–water partition coefficient (Wildman–Crippen LogP) is 0.276. The lowest BCUT2D eigenvalue weighted by Crippen LogP contribution is -2.44. The molecule has 0 bridgehead atoms. The summed E-state index contributed by atoms with van der Waals surface area (Å²) in [7, 11) is -2.97. The second kappa shape index (κ2) is 4.26. The third-order valence-electron chi connectivity index (χ3n) is 3.66. The zero-order chi connectivity index (χ0) is 13.6. The maximum Gasteiger partial charge on any atom is 0.270 e. The van der Waals surface area contributed by atoms with Gasteiger partial charge in [0, 0.05) is 25.3 Å². The van der Waals surface area contributed by atoms with Crippen molar-refractivity contribution in [2.45, 2.75) is 18.9 Å². The van der Waals surface area contributed by atoms with Gasteiger partial charge in [-0.15, -0.1) is 0 Å². The third kappa shape index (κ3) is 2.47. The molecule has 0 spiro atoms. The highest BCUT2D eigenvalue weighted by Crippen LogP contribution is 2.37. The summed E-state index contributed by atoms with van der Waals surface area (Å²) >= 11 is 0. The fourth-order valence-corrected chi connectivity index (χ4v) is 3.61. The van der Waals surface area contributed by atoms with Gasteiger partial charge in [0.1, 0.15) is 5.69 Å². The monoisotopic (exact) mass is 283 g/mol. The molecule has 1 amide bonds. The summed E-state index contributed by atoms with van der Waals surface area (Å²) in [6.07, 6.45) is 3.94. The van der Waals surface area contributed by atoms with Gasteiger partial charge in [0.15, 0.2) is 9.84 Å². The minimum absolute atomic E-state index is 0.0539. The zero-order valence-corrected chi connectivity index (χ0v) is 11.4. The number of rotatable bonds is 2. The Hall–Kier alpha value is -1.50. The van der Waals surface area contributed by atoms with Gasteiger partial charge in [-0.2, -0.15) is 0 Å². The Morgan fingerprint density at radius 3 is 2.47 bits per heavy atom. The number of aromatic nitrogens is 1. The molecule has 1 aromatic rings.